The molecule has 2 rings (SSSR count). The largest absolute Gasteiger partial charge is 0.317 e. The molecule has 0 saturated carbocycles. The van der Waals surface area contributed by atoms with E-state index in [1.807, 2.05) is 0 Å². The third-order valence-corrected chi connectivity index (χ3v) is 4.18. The van der Waals surface area contributed by atoms with Crippen molar-refractivity contribution in [1.29, 1.82) is 0 Å². The first-order chi connectivity index (χ1) is 9.19. The molecule has 0 unspecified atom stereocenters. The van der Waals surface area contributed by atoms with Crippen LogP contribution in [0.1, 0.15) is 25.3 Å². The van der Waals surface area contributed by atoms with Crippen LogP contribution >= 0.6 is 11.6 Å². The van der Waals surface area contributed by atoms with Crippen molar-refractivity contribution >= 4 is 11.6 Å². The predicted molar refractivity (Wildman–Crippen MR) is 78.0 cm³/mol. The average molecular weight is 285 g/mol. The van der Waals surface area contributed by atoms with Gasteiger partial charge in [0.05, 0.1) is 0 Å². The highest BCUT2D eigenvalue weighted by atomic mass is 35.5. The maximum atomic E-state index is 13.0. The summed E-state index contributed by atoms with van der Waals surface area (Å²) in [6, 6.07) is 4.68. The Morgan fingerprint density at radius 2 is 2.11 bits per heavy atom. The summed E-state index contributed by atoms with van der Waals surface area (Å²) in [5, 5.41) is 3.92. The second-order valence-electron chi connectivity index (χ2n) is 5.26. The lowest BCUT2D eigenvalue weighted by atomic mass is 9.97. The number of rotatable bonds is 5. The Labute approximate surface area is 119 Å². The Bertz CT molecular complexity index is 405. The van der Waals surface area contributed by atoms with Gasteiger partial charge < -0.3 is 5.32 Å². The summed E-state index contributed by atoms with van der Waals surface area (Å²) in [6.45, 7) is 7.32. The number of benzene rings is 1. The normalized spacial score (nSPS) is 17.1. The third kappa shape index (κ3) is 4.44. The van der Waals surface area contributed by atoms with E-state index in [0.29, 0.717) is 5.02 Å². The van der Waals surface area contributed by atoms with E-state index in [1.54, 1.807) is 6.07 Å². The van der Waals surface area contributed by atoms with E-state index in [9.17, 15) is 4.39 Å². The molecule has 4 heteroatoms. The molecule has 1 aromatic rings. The monoisotopic (exact) mass is 284 g/mol. The van der Waals surface area contributed by atoms with Crippen molar-refractivity contribution in [3.05, 3.63) is 34.6 Å². The molecule has 0 radical (unpaired) electrons. The first-order valence-corrected chi connectivity index (χ1v) is 7.44. The lowest BCUT2D eigenvalue weighted by molar-refractivity contribution is 0.207. The molecule has 0 atom stereocenters. The number of nitrogens with one attached hydrogen (secondary N) is 1. The summed E-state index contributed by atoms with van der Waals surface area (Å²) >= 11 is 6.10. The van der Waals surface area contributed by atoms with E-state index in [0.717, 1.165) is 44.2 Å². The van der Waals surface area contributed by atoms with Crippen LogP contribution in [0.5, 0.6) is 0 Å². The van der Waals surface area contributed by atoms with E-state index in [4.69, 9.17) is 11.6 Å². The zero-order chi connectivity index (χ0) is 13.7. The summed E-state index contributed by atoms with van der Waals surface area (Å²) in [7, 11) is 0. The third-order valence-electron chi connectivity index (χ3n) is 3.83. The van der Waals surface area contributed by atoms with Crippen LogP contribution in [0.15, 0.2) is 18.2 Å². The fourth-order valence-electron chi connectivity index (χ4n) is 2.63. The fraction of sp³-hybridized carbons (Fsp3) is 0.600. The molecule has 1 saturated heterocycles. The van der Waals surface area contributed by atoms with Crippen LogP contribution in [-0.2, 0) is 6.54 Å². The molecular formula is C15H22ClFN2. The van der Waals surface area contributed by atoms with Crippen molar-refractivity contribution in [2.45, 2.75) is 26.3 Å². The van der Waals surface area contributed by atoms with Crippen molar-refractivity contribution in [3.63, 3.8) is 0 Å². The standard InChI is InChI=1S/C15H22ClFN2/c1-2-19(10-12-5-7-18-8-6-12)11-13-3-4-14(17)9-15(13)16/h3-4,9,12,18H,2,5-8,10-11H2,1H3. The van der Waals surface area contributed by atoms with E-state index >= 15 is 0 Å². The SMILES string of the molecule is CCN(Cc1ccc(F)cc1Cl)CC1CCNCC1. The molecule has 0 bridgehead atoms. The van der Waals surface area contributed by atoms with Gasteiger partial charge in [-0.15, -0.1) is 0 Å². The number of piperidine rings is 1. The molecule has 1 heterocycles. The first kappa shape index (κ1) is 14.8. The van der Waals surface area contributed by atoms with Crippen molar-refractivity contribution in [2.24, 2.45) is 5.92 Å². The van der Waals surface area contributed by atoms with Gasteiger partial charge in [0.25, 0.3) is 0 Å². The van der Waals surface area contributed by atoms with Gasteiger partial charge in [-0.1, -0.05) is 24.6 Å². The van der Waals surface area contributed by atoms with Crippen molar-refractivity contribution < 1.29 is 4.39 Å². The van der Waals surface area contributed by atoms with E-state index < -0.39 is 0 Å². The lowest BCUT2D eigenvalue weighted by Gasteiger charge is -2.29. The van der Waals surface area contributed by atoms with Gasteiger partial charge in [0.2, 0.25) is 0 Å². The van der Waals surface area contributed by atoms with Crippen molar-refractivity contribution in [1.82, 2.24) is 10.2 Å². The Kier molecular flexibility index (Phi) is 5.61. The Balaban J connectivity index is 1.94. The number of nitrogens with zero attached hydrogens (tertiary/aromatic N) is 1. The van der Waals surface area contributed by atoms with Gasteiger partial charge in [-0.3, -0.25) is 4.90 Å². The molecule has 1 aromatic carbocycles. The molecule has 0 aromatic heterocycles. The number of halogens is 2. The van der Waals surface area contributed by atoms with Gasteiger partial charge in [-0.2, -0.15) is 0 Å². The number of hydrogen-bond donors (Lipinski definition) is 1. The molecule has 106 valence electrons. The smallest absolute Gasteiger partial charge is 0.124 e. The summed E-state index contributed by atoms with van der Waals surface area (Å²) in [4.78, 5) is 2.40. The molecule has 2 nitrogen and oxygen atoms in total. The zero-order valence-corrected chi connectivity index (χ0v) is 12.2. The molecule has 1 N–H and O–H groups in total. The molecule has 19 heavy (non-hydrogen) atoms. The van der Waals surface area contributed by atoms with Crippen molar-refractivity contribution in [2.75, 3.05) is 26.2 Å². The van der Waals surface area contributed by atoms with Crippen LogP contribution in [0.25, 0.3) is 0 Å². The molecule has 1 aliphatic heterocycles. The highest BCUT2D eigenvalue weighted by Gasteiger charge is 2.17. The highest BCUT2D eigenvalue weighted by molar-refractivity contribution is 6.31. The van der Waals surface area contributed by atoms with Gasteiger partial charge in [-0.05, 0) is 56.1 Å². The minimum absolute atomic E-state index is 0.268. The van der Waals surface area contributed by atoms with Gasteiger partial charge >= 0.3 is 0 Å². The van der Waals surface area contributed by atoms with Gasteiger partial charge in [0, 0.05) is 18.1 Å². The first-order valence-electron chi connectivity index (χ1n) is 7.06. The molecule has 0 aliphatic carbocycles. The van der Waals surface area contributed by atoms with E-state index in [1.165, 1.54) is 25.0 Å². The Morgan fingerprint density at radius 1 is 1.37 bits per heavy atom. The predicted octanol–water partition coefficient (Wildman–Crippen LogP) is 3.30. The van der Waals surface area contributed by atoms with Crippen LogP contribution < -0.4 is 5.32 Å². The number of hydrogen-bond acceptors (Lipinski definition) is 2. The minimum atomic E-state index is -0.268. The van der Waals surface area contributed by atoms with E-state index in [-0.39, 0.29) is 5.82 Å². The summed E-state index contributed by atoms with van der Waals surface area (Å²) < 4.78 is 13.0. The van der Waals surface area contributed by atoms with Crippen LogP contribution in [0.3, 0.4) is 0 Å². The quantitative estimate of drug-likeness (QED) is 0.892. The molecular weight excluding hydrogens is 263 g/mol. The zero-order valence-electron chi connectivity index (χ0n) is 11.5. The van der Waals surface area contributed by atoms with Crippen LogP contribution in [-0.4, -0.2) is 31.1 Å². The molecule has 1 fully saturated rings. The second kappa shape index (κ2) is 7.22. The van der Waals surface area contributed by atoms with Crippen molar-refractivity contribution in [3.8, 4) is 0 Å². The van der Waals surface area contributed by atoms with Gasteiger partial charge in [-0.25, -0.2) is 4.39 Å². The molecule has 1 aliphatic rings. The summed E-state index contributed by atoms with van der Waals surface area (Å²) in [5.74, 6) is 0.496. The van der Waals surface area contributed by atoms with Gasteiger partial charge in [0.15, 0.2) is 0 Å². The summed E-state index contributed by atoms with van der Waals surface area (Å²) in [5.41, 5.74) is 1.01. The maximum Gasteiger partial charge on any atom is 0.124 e. The minimum Gasteiger partial charge on any atom is -0.317 e. The average Bonchev–Trinajstić information content (AvgIpc) is 2.42. The van der Waals surface area contributed by atoms with Gasteiger partial charge in [0.1, 0.15) is 5.82 Å². The van der Waals surface area contributed by atoms with E-state index in [2.05, 4.69) is 17.1 Å². The van der Waals surface area contributed by atoms with Crippen LogP contribution in [0, 0.1) is 11.7 Å². The van der Waals surface area contributed by atoms with Crippen LogP contribution in [0.2, 0.25) is 5.02 Å². The summed E-state index contributed by atoms with van der Waals surface area (Å²) in [6.07, 6.45) is 2.49. The lowest BCUT2D eigenvalue weighted by Crippen LogP contribution is -2.35. The Morgan fingerprint density at radius 3 is 2.74 bits per heavy atom. The fourth-order valence-corrected chi connectivity index (χ4v) is 2.85. The Hall–Kier alpha value is -0.640. The maximum absolute atomic E-state index is 13.0. The molecule has 0 spiro atoms. The highest BCUT2D eigenvalue weighted by Crippen LogP contribution is 2.21. The molecule has 0 amide bonds. The van der Waals surface area contributed by atoms with Crippen LogP contribution in [0.4, 0.5) is 4.39 Å². The second-order valence-corrected chi connectivity index (χ2v) is 5.66. The topological polar surface area (TPSA) is 15.3 Å².